The molecule has 0 atom stereocenters. The van der Waals surface area contributed by atoms with E-state index in [4.69, 9.17) is 10.7 Å². The van der Waals surface area contributed by atoms with E-state index in [-0.39, 0.29) is 0 Å². The van der Waals surface area contributed by atoms with E-state index < -0.39 is 0 Å². The van der Waals surface area contributed by atoms with Crippen molar-refractivity contribution >= 4 is 44.3 Å². The van der Waals surface area contributed by atoms with Gasteiger partial charge in [-0.3, -0.25) is 4.98 Å². The van der Waals surface area contributed by atoms with Gasteiger partial charge in [0.2, 0.25) is 0 Å². The fourth-order valence-corrected chi connectivity index (χ4v) is 3.77. The lowest BCUT2D eigenvalue weighted by molar-refractivity contribution is 0.672. The van der Waals surface area contributed by atoms with Crippen LogP contribution in [0.5, 0.6) is 0 Å². The number of nitrogen functional groups attached to an aromatic ring is 1. The maximum Gasteiger partial charge on any atom is 0.165 e. The summed E-state index contributed by atoms with van der Waals surface area (Å²) in [6, 6.07) is 14.8. The molecule has 3 aromatic heterocycles. The summed E-state index contributed by atoms with van der Waals surface area (Å²) in [6.07, 6.45) is 4.18. The molecule has 0 saturated carbocycles. The van der Waals surface area contributed by atoms with Crippen molar-refractivity contribution in [2.75, 3.05) is 17.6 Å². The number of fused-ring (bicyclic) bond motifs is 4. The first-order valence-corrected chi connectivity index (χ1v) is 9.65. The molecule has 0 bridgehead atoms. The number of nitrogens with two attached hydrogens (primary N) is 1. The van der Waals surface area contributed by atoms with E-state index in [9.17, 15) is 0 Å². The summed E-state index contributed by atoms with van der Waals surface area (Å²) < 4.78 is 2.01. The van der Waals surface area contributed by atoms with Crippen LogP contribution in [0.1, 0.15) is 12.1 Å². The number of rotatable bonds is 5. The first-order chi connectivity index (χ1) is 14.2. The molecule has 0 aliphatic heterocycles. The molecule has 0 unspecified atom stereocenters. The SMILES string of the molecule is Cc1nc2ccccc2c2ccc(NCCCn3cnc4c(N)ncnc43)cc12. The van der Waals surface area contributed by atoms with Gasteiger partial charge in [0.05, 0.1) is 11.8 Å². The van der Waals surface area contributed by atoms with Gasteiger partial charge in [-0.25, -0.2) is 15.0 Å². The van der Waals surface area contributed by atoms with Crippen LogP contribution in [-0.2, 0) is 6.54 Å². The lowest BCUT2D eigenvalue weighted by Gasteiger charge is -2.11. The molecule has 3 N–H and O–H groups in total. The van der Waals surface area contributed by atoms with Gasteiger partial charge in [-0.15, -0.1) is 0 Å². The highest BCUT2D eigenvalue weighted by molar-refractivity contribution is 6.07. The van der Waals surface area contributed by atoms with Crippen LogP contribution in [0.25, 0.3) is 32.8 Å². The van der Waals surface area contributed by atoms with E-state index in [1.165, 1.54) is 22.5 Å². The van der Waals surface area contributed by atoms with Crippen molar-refractivity contribution in [2.24, 2.45) is 0 Å². The average Bonchev–Trinajstić information content (AvgIpc) is 3.16. The van der Waals surface area contributed by atoms with E-state index in [1.54, 1.807) is 6.33 Å². The highest BCUT2D eigenvalue weighted by atomic mass is 15.1. The standard InChI is InChI=1S/C22H21N7/c1-14-18-11-15(7-8-16(18)17-5-2-3-6-19(17)28-14)24-9-4-10-29-13-27-20-21(23)25-12-26-22(20)29/h2-3,5-8,11-13,24H,4,9-10H2,1H3,(H2,23,25,26). The van der Waals surface area contributed by atoms with Crippen LogP contribution in [-0.4, -0.2) is 31.0 Å². The minimum Gasteiger partial charge on any atom is -0.385 e. The predicted octanol–water partition coefficient (Wildman–Crippen LogP) is 3.92. The van der Waals surface area contributed by atoms with E-state index in [0.29, 0.717) is 11.3 Å². The third-order valence-corrected chi connectivity index (χ3v) is 5.23. The predicted molar refractivity (Wildman–Crippen MR) is 117 cm³/mol. The molecule has 7 nitrogen and oxygen atoms in total. The van der Waals surface area contributed by atoms with Crippen molar-refractivity contribution in [1.82, 2.24) is 24.5 Å². The quantitative estimate of drug-likeness (QED) is 0.353. The fraction of sp³-hybridized carbons (Fsp3) is 0.182. The Bertz CT molecular complexity index is 1340. The molecule has 5 aromatic rings. The molecule has 5 rings (SSSR count). The van der Waals surface area contributed by atoms with Crippen molar-refractivity contribution in [1.29, 1.82) is 0 Å². The average molecular weight is 383 g/mol. The summed E-state index contributed by atoms with van der Waals surface area (Å²) >= 11 is 0. The molecule has 0 spiro atoms. The first-order valence-electron chi connectivity index (χ1n) is 9.65. The fourth-order valence-electron chi connectivity index (χ4n) is 3.77. The van der Waals surface area contributed by atoms with Gasteiger partial charge in [0, 0.05) is 35.2 Å². The van der Waals surface area contributed by atoms with Gasteiger partial charge in [-0.05, 0) is 36.9 Å². The van der Waals surface area contributed by atoms with Crippen molar-refractivity contribution in [3.8, 4) is 0 Å². The number of imidazole rings is 1. The smallest absolute Gasteiger partial charge is 0.165 e. The summed E-state index contributed by atoms with van der Waals surface area (Å²) in [4.78, 5) is 17.3. The lowest BCUT2D eigenvalue weighted by Crippen LogP contribution is -2.07. The number of hydrogen-bond donors (Lipinski definition) is 2. The number of para-hydroxylation sites is 1. The van der Waals surface area contributed by atoms with Crippen LogP contribution in [0.15, 0.2) is 55.1 Å². The van der Waals surface area contributed by atoms with Crippen molar-refractivity contribution in [2.45, 2.75) is 19.9 Å². The number of aromatic nitrogens is 5. The van der Waals surface area contributed by atoms with Crippen molar-refractivity contribution < 1.29 is 0 Å². The number of nitrogens with zero attached hydrogens (tertiary/aromatic N) is 5. The second-order valence-electron chi connectivity index (χ2n) is 7.12. The molecule has 0 saturated heterocycles. The van der Waals surface area contributed by atoms with E-state index in [0.717, 1.165) is 42.1 Å². The molecular formula is C22H21N7. The normalized spacial score (nSPS) is 11.5. The van der Waals surface area contributed by atoms with Crippen LogP contribution in [0.2, 0.25) is 0 Å². The second kappa shape index (κ2) is 7.01. The highest BCUT2D eigenvalue weighted by Gasteiger charge is 2.08. The molecule has 2 aromatic carbocycles. The van der Waals surface area contributed by atoms with Crippen molar-refractivity contribution in [3.05, 3.63) is 60.8 Å². The second-order valence-corrected chi connectivity index (χ2v) is 7.12. The molecule has 29 heavy (non-hydrogen) atoms. The number of anilines is 2. The summed E-state index contributed by atoms with van der Waals surface area (Å²) in [5.41, 5.74) is 10.5. The molecular weight excluding hydrogens is 362 g/mol. The summed E-state index contributed by atoms with van der Waals surface area (Å²) in [5, 5.41) is 7.12. The highest BCUT2D eigenvalue weighted by Crippen LogP contribution is 2.28. The van der Waals surface area contributed by atoms with Gasteiger partial charge < -0.3 is 15.6 Å². The molecule has 144 valence electrons. The third-order valence-electron chi connectivity index (χ3n) is 5.23. The van der Waals surface area contributed by atoms with E-state index >= 15 is 0 Å². The van der Waals surface area contributed by atoms with Gasteiger partial charge in [0.15, 0.2) is 11.5 Å². The Labute approximate surface area is 167 Å². The first kappa shape index (κ1) is 17.4. The van der Waals surface area contributed by atoms with E-state index in [1.807, 2.05) is 10.6 Å². The summed E-state index contributed by atoms with van der Waals surface area (Å²) in [6.45, 7) is 3.71. The zero-order chi connectivity index (χ0) is 19.8. The minimum absolute atomic E-state index is 0.416. The van der Waals surface area contributed by atoms with Gasteiger partial charge in [-0.2, -0.15) is 0 Å². The van der Waals surface area contributed by atoms with Gasteiger partial charge >= 0.3 is 0 Å². The number of aryl methyl sites for hydroxylation is 2. The maximum atomic E-state index is 5.85. The Morgan fingerprint density at radius 1 is 1.00 bits per heavy atom. The Hall–Kier alpha value is -3.74. The zero-order valence-corrected chi connectivity index (χ0v) is 16.1. The summed E-state index contributed by atoms with van der Waals surface area (Å²) in [7, 11) is 0. The maximum absolute atomic E-state index is 5.85. The molecule has 0 aliphatic rings. The van der Waals surface area contributed by atoms with Gasteiger partial charge in [0.25, 0.3) is 0 Å². The number of pyridine rings is 1. The van der Waals surface area contributed by atoms with Crippen LogP contribution in [0, 0.1) is 6.92 Å². The Balaban J connectivity index is 1.31. The van der Waals surface area contributed by atoms with Gasteiger partial charge in [0.1, 0.15) is 11.8 Å². The zero-order valence-electron chi connectivity index (χ0n) is 16.1. The van der Waals surface area contributed by atoms with Crippen molar-refractivity contribution in [3.63, 3.8) is 0 Å². The Morgan fingerprint density at radius 3 is 2.83 bits per heavy atom. The minimum atomic E-state index is 0.416. The largest absolute Gasteiger partial charge is 0.385 e. The summed E-state index contributed by atoms with van der Waals surface area (Å²) in [5.74, 6) is 0.416. The third kappa shape index (κ3) is 3.10. The Morgan fingerprint density at radius 2 is 1.90 bits per heavy atom. The number of benzene rings is 2. The molecule has 0 aliphatic carbocycles. The molecule has 7 heteroatoms. The monoisotopic (exact) mass is 383 g/mol. The van der Waals surface area contributed by atoms with Crippen LogP contribution < -0.4 is 11.1 Å². The van der Waals surface area contributed by atoms with Crippen LogP contribution in [0.3, 0.4) is 0 Å². The molecule has 3 heterocycles. The molecule has 0 amide bonds. The lowest BCUT2D eigenvalue weighted by atomic mass is 10.0. The number of hydrogen-bond acceptors (Lipinski definition) is 6. The van der Waals surface area contributed by atoms with Crippen LogP contribution in [0.4, 0.5) is 11.5 Å². The molecule has 0 radical (unpaired) electrons. The van der Waals surface area contributed by atoms with Gasteiger partial charge in [-0.1, -0.05) is 24.3 Å². The van der Waals surface area contributed by atoms with E-state index in [2.05, 4.69) is 63.6 Å². The molecule has 0 fully saturated rings. The van der Waals surface area contributed by atoms with Crippen LogP contribution >= 0.6 is 0 Å². The Kier molecular flexibility index (Phi) is 4.20. The topological polar surface area (TPSA) is 94.5 Å². The number of nitrogens with one attached hydrogen (secondary N) is 1.